The van der Waals surface area contributed by atoms with E-state index in [2.05, 4.69) is 22.3 Å². The third-order valence-corrected chi connectivity index (χ3v) is 7.19. The lowest BCUT2D eigenvalue weighted by Crippen LogP contribution is -2.50. The molecular formula is C26H31ClN2O2. The number of likely N-dealkylation sites (tertiary alicyclic amines) is 1. The van der Waals surface area contributed by atoms with E-state index in [1.54, 1.807) is 12.1 Å². The fourth-order valence-corrected chi connectivity index (χ4v) is 5.34. The number of amides is 1. The van der Waals surface area contributed by atoms with E-state index < -0.39 is 0 Å². The summed E-state index contributed by atoms with van der Waals surface area (Å²) in [6.45, 7) is 2.17. The Balaban J connectivity index is 1.32. The topological polar surface area (TPSA) is 49.4 Å². The minimum absolute atomic E-state index is 0.0249. The van der Waals surface area contributed by atoms with Gasteiger partial charge in [0.05, 0.1) is 6.54 Å². The highest BCUT2D eigenvalue weighted by molar-refractivity contribution is 6.30. The Bertz CT molecular complexity index is 876. The standard InChI is InChI=1S/C26H31ClN2O2/c27-22-12-10-19(11-13-22)20-14-16-29(17-15-20)24-9-5-4-8-23(24)25(30)18-28-26(31)21-6-2-1-3-7-21/h1-3,6-7,10-13,20,23-24H,4-5,8-9,14-18H2,(H,28,31). The van der Waals surface area contributed by atoms with Crippen LogP contribution in [0.1, 0.15) is 60.4 Å². The molecule has 2 aromatic rings. The largest absolute Gasteiger partial charge is 0.345 e. The summed E-state index contributed by atoms with van der Waals surface area (Å²) in [6, 6.07) is 17.6. The number of rotatable bonds is 6. The highest BCUT2D eigenvalue weighted by atomic mass is 35.5. The number of benzene rings is 2. The van der Waals surface area contributed by atoms with Crippen LogP contribution < -0.4 is 5.32 Å². The molecule has 1 amide bonds. The smallest absolute Gasteiger partial charge is 0.251 e. The highest BCUT2D eigenvalue weighted by Gasteiger charge is 2.36. The van der Waals surface area contributed by atoms with Crippen LogP contribution in [0.25, 0.3) is 0 Å². The van der Waals surface area contributed by atoms with E-state index in [9.17, 15) is 9.59 Å². The summed E-state index contributed by atoms with van der Waals surface area (Å²) in [5.41, 5.74) is 1.96. The first kappa shape index (κ1) is 22.0. The van der Waals surface area contributed by atoms with Crippen molar-refractivity contribution in [3.05, 3.63) is 70.7 Å². The first-order chi connectivity index (χ1) is 15.1. The summed E-state index contributed by atoms with van der Waals surface area (Å²) in [5.74, 6) is 0.590. The lowest BCUT2D eigenvalue weighted by molar-refractivity contribution is -0.125. The quantitative estimate of drug-likeness (QED) is 0.684. The molecular weight excluding hydrogens is 408 g/mol. The average Bonchev–Trinajstić information content (AvgIpc) is 2.83. The molecule has 1 N–H and O–H groups in total. The molecule has 5 heteroatoms. The maximum Gasteiger partial charge on any atom is 0.251 e. The van der Waals surface area contributed by atoms with Gasteiger partial charge < -0.3 is 5.32 Å². The van der Waals surface area contributed by atoms with Crippen LogP contribution >= 0.6 is 11.6 Å². The zero-order chi connectivity index (χ0) is 21.6. The van der Waals surface area contributed by atoms with Crippen molar-refractivity contribution >= 4 is 23.3 Å². The number of hydrogen-bond acceptors (Lipinski definition) is 3. The molecule has 4 nitrogen and oxygen atoms in total. The van der Waals surface area contributed by atoms with Crippen LogP contribution in [0.15, 0.2) is 54.6 Å². The monoisotopic (exact) mass is 438 g/mol. The molecule has 2 aliphatic rings. The van der Waals surface area contributed by atoms with Crippen molar-refractivity contribution in [2.24, 2.45) is 5.92 Å². The van der Waals surface area contributed by atoms with Crippen molar-refractivity contribution in [2.45, 2.75) is 50.5 Å². The third-order valence-electron chi connectivity index (χ3n) is 6.94. The second-order valence-electron chi connectivity index (χ2n) is 8.84. The van der Waals surface area contributed by atoms with Crippen molar-refractivity contribution in [1.29, 1.82) is 0 Å². The first-order valence-electron chi connectivity index (χ1n) is 11.5. The normalized spacial score (nSPS) is 22.7. The minimum atomic E-state index is -0.176. The summed E-state index contributed by atoms with van der Waals surface area (Å²) in [6.07, 6.45) is 6.52. The summed E-state index contributed by atoms with van der Waals surface area (Å²) < 4.78 is 0. The van der Waals surface area contributed by atoms with Gasteiger partial charge in [-0.3, -0.25) is 14.5 Å². The van der Waals surface area contributed by atoms with Gasteiger partial charge in [0.25, 0.3) is 5.91 Å². The van der Waals surface area contributed by atoms with E-state index in [0.29, 0.717) is 17.5 Å². The van der Waals surface area contributed by atoms with Crippen LogP contribution in [0.2, 0.25) is 5.02 Å². The Labute approximate surface area is 190 Å². The number of Topliss-reactive ketones (excluding diaryl/α,β-unsaturated/α-hetero) is 1. The maximum atomic E-state index is 13.1. The molecule has 2 fully saturated rings. The molecule has 1 heterocycles. The van der Waals surface area contributed by atoms with Crippen molar-refractivity contribution in [3.8, 4) is 0 Å². The fourth-order valence-electron chi connectivity index (χ4n) is 5.21. The van der Waals surface area contributed by atoms with Gasteiger partial charge in [0.2, 0.25) is 0 Å². The van der Waals surface area contributed by atoms with Crippen LogP contribution in [-0.2, 0) is 4.79 Å². The van der Waals surface area contributed by atoms with Gasteiger partial charge in [0.1, 0.15) is 0 Å². The van der Waals surface area contributed by atoms with Crippen molar-refractivity contribution in [2.75, 3.05) is 19.6 Å². The number of nitrogens with one attached hydrogen (secondary N) is 1. The summed E-state index contributed by atoms with van der Waals surface area (Å²) in [7, 11) is 0. The highest BCUT2D eigenvalue weighted by Crippen LogP contribution is 2.35. The van der Waals surface area contributed by atoms with Gasteiger partial charge >= 0.3 is 0 Å². The molecule has 2 unspecified atom stereocenters. The Kier molecular flexibility index (Phi) is 7.41. The van der Waals surface area contributed by atoms with Crippen molar-refractivity contribution < 1.29 is 9.59 Å². The van der Waals surface area contributed by atoms with Crippen molar-refractivity contribution in [1.82, 2.24) is 10.2 Å². The lowest BCUT2D eigenvalue weighted by atomic mass is 9.79. The zero-order valence-corrected chi connectivity index (χ0v) is 18.7. The fraction of sp³-hybridized carbons (Fsp3) is 0.462. The van der Waals surface area contributed by atoms with E-state index in [0.717, 1.165) is 50.2 Å². The second-order valence-corrected chi connectivity index (χ2v) is 9.27. The van der Waals surface area contributed by atoms with Crippen LogP contribution in [0, 0.1) is 5.92 Å². The average molecular weight is 439 g/mol. The van der Waals surface area contributed by atoms with E-state index in [4.69, 9.17) is 11.6 Å². The molecule has 0 radical (unpaired) electrons. The molecule has 0 spiro atoms. The molecule has 1 saturated heterocycles. The Morgan fingerprint density at radius 2 is 1.58 bits per heavy atom. The van der Waals surface area contributed by atoms with E-state index >= 15 is 0 Å². The lowest BCUT2D eigenvalue weighted by Gasteiger charge is -2.43. The minimum Gasteiger partial charge on any atom is -0.345 e. The molecule has 4 rings (SSSR count). The number of piperidine rings is 1. The number of carbonyl (C=O) groups excluding carboxylic acids is 2. The second kappa shape index (κ2) is 10.4. The Morgan fingerprint density at radius 1 is 0.903 bits per heavy atom. The van der Waals surface area contributed by atoms with Crippen LogP contribution in [0.4, 0.5) is 0 Å². The number of halogens is 1. The van der Waals surface area contributed by atoms with E-state index in [-0.39, 0.29) is 24.2 Å². The Hall–Kier alpha value is -2.17. The van der Waals surface area contributed by atoms with Crippen LogP contribution in [0.5, 0.6) is 0 Å². The Morgan fingerprint density at radius 3 is 2.29 bits per heavy atom. The summed E-state index contributed by atoms with van der Waals surface area (Å²) in [5, 5.41) is 3.62. The molecule has 2 aromatic carbocycles. The SMILES string of the molecule is O=C(NCC(=O)C1CCCCC1N1CCC(c2ccc(Cl)cc2)CC1)c1ccccc1. The van der Waals surface area contributed by atoms with E-state index in [1.165, 1.54) is 12.0 Å². The molecule has 0 bridgehead atoms. The van der Waals surface area contributed by atoms with Gasteiger partial charge in [0, 0.05) is 22.5 Å². The third kappa shape index (κ3) is 5.55. The van der Waals surface area contributed by atoms with Gasteiger partial charge in [-0.2, -0.15) is 0 Å². The van der Waals surface area contributed by atoms with Crippen LogP contribution in [-0.4, -0.2) is 42.3 Å². The molecule has 2 atom stereocenters. The van der Waals surface area contributed by atoms with Gasteiger partial charge in [-0.25, -0.2) is 0 Å². The number of hydrogen-bond donors (Lipinski definition) is 1. The summed E-state index contributed by atoms with van der Waals surface area (Å²) >= 11 is 6.03. The molecule has 1 aliphatic carbocycles. The maximum absolute atomic E-state index is 13.1. The van der Waals surface area contributed by atoms with Crippen molar-refractivity contribution in [3.63, 3.8) is 0 Å². The predicted octanol–water partition coefficient (Wildman–Crippen LogP) is 5.08. The molecule has 164 valence electrons. The van der Waals surface area contributed by atoms with Gasteiger partial charge in [-0.1, -0.05) is 54.8 Å². The van der Waals surface area contributed by atoms with Gasteiger partial charge in [0.15, 0.2) is 5.78 Å². The van der Waals surface area contributed by atoms with Crippen LogP contribution in [0.3, 0.4) is 0 Å². The van der Waals surface area contributed by atoms with E-state index in [1.807, 2.05) is 30.3 Å². The first-order valence-corrected chi connectivity index (χ1v) is 11.8. The van der Waals surface area contributed by atoms with Gasteiger partial charge in [-0.05, 0) is 74.5 Å². The zero-order valence-electron chi connectivity index (χ0n) is 17.9. The van der Waals surface area contributed by atoms with Gasteiger partial charge in [-0.15, -0.1) is 0 Å². The predicted molar refractivity (Wildman–Crippen MR) is 125 cm³/mol. The molecule has 31 heavy (non-hydrogen) atoms. The molecule has 1 aliphatic heterocycles. The number of carbonyl (C=O) groups is 2. The number of nitrogens with zero attached hydrogens (tertiary/aromatic N) is 1. The number of ketones is 1. The molecule has 1 saturated carbocycles. The summed E-state index contributed by atoms with van der Waals surface area (Å²) in [4.78, 5) is 27.9. The molecule has 0 aromatic heterocycles.